The molecule has 0 spiro atoms. The number of amides is 1. The smallest absolute Gasteiger partial charge is 0.326 e. The number of carboxylic acid groups (broad SMARTS) is 1. The summed E-state index contributed by atoms with van der Waals surface area (Å²) in [7, 11) is 0. The molecule has 0 radical (unpaired) electrons. The lowest BCUT2D eigenvalue weighted by molar-refractivity contribution is -0.142. The maximum absolute atomic E-state index is 11.9. The van der Waals surface area contributed by atoms with Gasteiger partial charge in [-0.3, -0.25) is 4.79 Å². The van der Waals surface area contributed by atoms with Crippen LogP contribution in [0, 0.1) is 13.8 Å². The first-order valence-corrected chi connectivity index (χ1v) is 8.94. The first-order chi connectivity index (χ1) is 10.3. The van der Waals surface area contributed by atoms with E-state index in [1.807, 2.05) is 32.2 Å². The number of hydrogen-bond donors (Lipinski definition) is 2. The number of ether oxygens (including phenoxy) is 1. The molecule has 5 nitrogen and oxygen atoms in total. The number of carbonyl (C=O) groups excluding carboxylic acids is 1. The number of rotatable bonds is 8. The highest BCUT2D eigenvalue weighted by molar-refractivity contribution is 9.10. The number of aliphatic carboxylic acids is 1. The van der Waals surface area contributed by atoms with Gasteiger partial charge < -0.3 is 15.2 Å². The summed E-state index contributed by atoms with van der Waals surface area (Å²) in [6.45, 7) is 3.58. The predicted molar refractivity (Wildman–Crippen MR) is 91.7 cm³/mol. The van der Waals surface area contributed by atoms with Crippen LogP contribution in [0.25, 0.3) is 0 Å². The van der Waals surface area contributed by atoms with Crippen LogP contribution in [0.15, 0.2) is 16.6 Å². The third-order valence-corrected chi connectivity index (χ3v) is 4.12. The van der Waals surface area contributed by atoms with Crippen molar-refractivity contribution in [2.75, 3.05) is 18.6 Å². The number of halogens is 1. The minimum Gasteiger partial charge on any atom is -0.483 e. The van der Waals surface area contributed by atoms with Crippen LogP contribution in [0.1, 0.15) is 17.5 Å². The van der Waals surface area contributed by atoms with Crippen molar-refractivity contribution in [3.63, 3.8) is 0 Å². The molecule has 1 aromatic rings. The molecule has 7 heteroatoms. The Kier molecular flexibility index (Phi) is 7.75. The molecule has 1 aromatic carbocycles. The van der Waals surface area contributed by atoms with E-state index in [-0.39, 0.29) is 6.61 Å². The van der Waals surface area contributed by atoms with Gasteiger partial charge in [-0.2, -0.15) is 11.8 Å². The molecule has 1 unspecified atom stereocenters. The van der Waals surface area contributed by atoms with E-state index in [0.717, 1.165) is 15.6 Å². The van der Waals surface area contributed by atoms with Gasteiger partial charge in [0.1, 0.15) is 11.8 Å². The summed E-state index contributed by atoms with van der Waals surface area (Å²) < 4.78 is 6.49. The molecule has 0 aliphatic heterocycles. The summed E-state index contributed by atoms with van der Waals surface area (Å²) >= 11 is 4.94. The number of carbonyl (C=O) groups is 2. The Morgan fingerprint density at radius 2 is 1.95 bits per heavy atom. The third kappa shape index (κ3) is 5.88. The van der Waals surface area contributed by atoms with Crippen molar-refractivity contribution in [2.24, 2.45) is 0 Å². The largest absolute Gasteiger partial charge is 0.483 e. The van der Waals surface area contributed by atoms with Crippen molar-refractivity contribution in [3.05, 3.63) is 27.7 Å². The van der Waals surface area contributed by atoms with Crippen molar-refractivity contribution >= 4 is 39.6 Å². The lowest BCUT2D eigenvalue weighted by Gasteiger charge is -2.16. The fourth-order valence-electron chi connectivity index (χ4n) is 1.99. The van der Waals surface area contributed by atoms with Gasteiger partial charge in [0.05, 0.1) is 0 Å². The van der Waals surface area contributed by atoms with Gasteiger partial charge in [0, 0.05) is 4.47 Å². The van der Waals surface area contributed by atoms with Gasteiger partial charge in [-0.1, -0.05) is 15.9 Å². The fourth-order valence-corrected chi connectivity index (χ4v) is 3.15. The van der Waals surface area contributed by atoms with Crippen LogP contribution >= 0.6 is 27.7 Å². The minimum atomic E-state index is -1.03. The number of benzene rings is 1. The molecule has 0 aromatic heterocycles. The van der Waals surface area contributed by atoms with Crippen molar-refractivity contribution < 1.29 is 19.4 Å². The van der Waals surface area contributed by atoms with Crippen molar-refractivity contribution in [1.82, 2.24) is 5.32 Å². The second-order valence-corrected chi connectivity index (χ2v) is 6.80. The van der Waals surface area contributed by atoms with Gasteiger partial charge in [0.15, 0.2) is 6.61 Å². The first-order valence-electron chi connectivity index (χ1n) is 6.75. The zero-order valence-corrected chi connectivity index (χ0v) is 15.2. The van der Waals surface area contributed by atoms with Gasteiger partial charge in [-0.15, -0.1) is 0 Å². The predicted octanol–water partition coefficient (Wildman–Crippen LogP) is 2.77. The monoisotopic (exact) mass is 389 g/mol. The van der Waals surface area contributed by atoms with E-state index >= 15 is 0 Å². The molecule has 0 heterocycles. The quantitative estimate of drug-likeness (QED) is 0.714. The maximum Gasteiger partial charge on any atom is 0.326 e. The average molecular weight is 390 g/mol. The summed E-state index contributed by atoms with van der Waals surface area (Å²) in [5.74, 6) is -0.147. The average Bonchev–Trinajstić information content (AvgIpc) is 2.41. The fraction of sp³-hybridized carbons (Fsp3) is 0.467. The lowest BCUT2D eigenvalue weighted by atomic mass is 10.1. The second-order valence-electron chi connectivity index (χ2n) is 4.90. The van der Waals surface area contributed by atoms with Gasteiger partial charge >= 0.3 is 5.97 Å². The molecule has 0 aliphatic carbocycles. The SMILES string of the molecule is CSCCC(NC(=O)COc1c(C)cc(Br)cc1C)C(=O)O. The van der Waals surface area contributed by atoms with Gasteiger partial charge in [0.25, 0.3) is 5.91 Å². The van der Waals surface area contributed by atoms with Crippen LogP contribution in [0.3, 0.4) is 0 Å². The molecule has 1 atom stereocenters. The maximum atomic E-state index is 11.9. The molecule has 0 aliphatic rings. The normalized spacial score (nSPS) is 11.8. The standard InChI is InChI=1S/C15H20BrNO4S/c1-9-6-11(16)7-10(2)14(9)21-8-13(18)17-12(15(19)20)4-5-22-3/h6-7,12H,4-5,8H2,1-3H3,(H,17,18)(H,19,20). The Bertz CT molecular complexity index is 527. The van der Waals surface area contributed by atoms with Crippen LogP contribution in [-0.4, -0.2) is 41.6 Å². The van der Waals surface area contributed by atoms with E-state index < -0.39 is 17.9 Å². The van der Waals surface area contributed by atoms with E-state index in [2.05, 4.69) is 21.2 Å². The Hall–Kier alpha value is -1.21. The summed E-state index contributed by atoms with van der Waals surface area (Å²) in [6, 6.07) is 2.92. The van der Waals surface area contributed by atoms with Crippen LogP contribution < -0.4 is 10.1 Å². The highest BCUT2D eigenvalue weighted by atomic mass is 79.9. The Labute approximate surface area is 142 Å². The zero-order valence-electron chi connectivity index (χ0n) is 12.8. The van der Waals surface area contributed by atoms with Crippen molar-refractivity contribution in [1.29, 1.82) is 0 Å². The Morgan fingerprint density at radius 1 is 1.36 bits per heavy atom. The molecule has 1 rings (SSSR count). The van der Waals surface area contributed by atoms with Crippen molar-refractivity contribution in [2.45, 2.75) is 26.3 Å². The molecule has 0 saturated carbocycles. The van der Waals surface area contributed by atoms with E-state index in [1.54, 1.807) is 0 Å². The zero-order chi connectivity index (χ0) is 16.7. The van der Waals surface area contributed by atoms with Crippen LogP contribution in [0.4, 0.5) is 0 Å². The number of hydrogen-bond acceptors (Lipinski definition) is 4. The first kappa shape index (κ1) is 18.8. The highest BCUT2D eigenvalue weighted by Crippen LogP contribution is 2.27. The van der Waals surface area contributed by atoms with Gasteiger partial charge in [-0.05, 0) is 55.5 Å². The molecule has 0 fully saturated rings. The molecule has 1 amide bonds. The molecular formula is C15H20BrNO4S. The summed E-state index contributed by atoms with van der Waals surface area (Å²) in [6.07, 6.45) is 2.28. The topological polar surface area (TPSA) is 75.6 Å². The molecule has 0 saturated heterocycles. The Morgan fingerprint density at radius 3 is 2.45 bits per heavy atom. The molecule has 22 heavy (non-hydrogen) atoms. The Balaban J connectivity index is 2.60. The molecule has 122 valence electrons. The van der Waals surface area contributed by atoms with Crippen LogP contribution in [-0.2, 0) is 9.59 Å². The number of thioether (sulfide) groups is 1. The van der Waals surface area contributed by atoms with Crippen molar-refractivity contribution in [3.8, 4) is 5.75 Å². The summed E-state index contributed by atoms with van der Waals surface area (Å²) in [4.78, 5) is 23.0. The van der Waals surface area contributed by atoms with Crippen LogP contribution in [0.5, 0.6) is 5.75 Å². The lowest BCUT2D eigenvalue weighted by Crippen LogP contribution is -2.43. The number of nitrogens with one attached hydrogen (secondary N) is 1. The number of aryl methyl sites for hydroxylation is 2. The number of carboxylic acids is 1. The van der Waals surface area contributed by atoms with Gasteiger partial charge in [-0.25, -0.2) is 4.79 Å². The summed E-state index contributed by atoms with van der Waals surface area (Å²) in [5, 5.41) is 11.6. The molecular weight excluding hydrogens is 370 g/mol. The van der Waals surface area contributed by atoms with Gasteiger partial charge in [0.2, 0.25) is 0 Å². The highest BCUT2D eigenvalue weighted by Gasteiger charge is 2.19. The second kappa shape index (κ2) is 9.05. The minimum absolute atomic E-state index is 0.202. The summed E-state index contributed by atoms with van der Waals surface area (Å²) in [5.41, 5.74) is 1.83. The van der Waals surface area contributed by atoms with Crippen LogP contribution in [0.2, 0.25) is 0 Å². The molecule has 0 bridgehead atoms. The van der Waals surface area contributed by atoms with E-state index in [4.69, 9.17) is 9.84 Å². The van der Waals surface area contributed by atoms with E-state index in [9.17, 15) is 9.59 Å². The van der Waals surface area contributed by atoms with E-state index in [0.29, 0.717) is 17.9 Å². The third-order valence-electron chi connectivity index (χ3n) is 3.02. The molecule has 2 N–H and O–H groups in total. The van der Waals surface area contributed by atoms with E-state index in [1.165, 1.54) is 11.8 Å².